The molecule has 0 aliphatic heterocycles. The zero-order valence-electron chi connectivity index (χ0n) is 22.1. The van der Waals surface area contributed by atoms with E-state index in [0.717, 1.165) is 43.9 Å². The SMILES string of the molecule is C=C(C)[C@H]1CC[C@]2(C)C/C=C(\C)CC[C@H](OC(=O)[C@@](OC)(c3ccccc3)C(F)(F)F)/C(C)=C/C[C@@H]12. The van der Waals surface area contributed by atoms with Crippen LogP contribution in [0.5, 0.6) is 0 Å². The highest BCUT2D eigenvalue weighted by Gasteiger charge is 2.64. The Hall–Kier alpha value is -2.34. The molecule has 6 heteroatoms. The van der Waals surface area contributed by atoms with Gasteiger partial charge in [0.25, 0.3) is 5.60 Å². The number of ether oxygens (including phenoxy) is 2. The Morgan fingerprint density at radius 3 is 2.36 bits per heavy atom. The largest absolute Gasteiger partial charge is 0.455 e. The maximum Gasteiger partial charge on any atom is 0.432 e. The number of carbonyl (C=O) groups excluding carboxylic acids is 1. The van der Waals surface area contributed by atoms with E-state index in [1.807, 2.05) is 13.8 Å². The van der Waals surface area contributed by atoms with E-state index in [9.17, 15) is 18.0 Å². The number of fused-ring (bicyclic) bond motifs is 1. The third-order valence-electron chi connectivity index (χ3n) is 8.38. The molecule has 5 atom stereocenters. The van der Waals surface area contributed by atoms with Crippen molar-refractivity contribution >= 4 is 5.97 Å². The lowest BCUT2D eigenvalue weighted by molar-refractivity contribution is -0.277. The minimum absolute atomic E-state index is 0.132. The van der Waals surface area contributed by atoms with Gasteiger partial charge in [-0.2, -0.15) is 13.2 Å². The zero-order valence-corrected chi connectivity index (χ0v) is 22.1. The Morgan fingerprint density at radius 1 is 1.11 bits per heavy atom. The summed E-state index contributed by atoms with van der Waals surface area (Å²) in [4.78, 5) is 13.3. The molecule has 2 aliphatic rings. The van der Waals surface area contributed by atoms with Crippen LogP contribution in [0.15, 0.2) is 65.8 Å². The second-order valence-corrected chi connectivity index (χ2v) is 10.9. The van der Waals surface area contributed by atoms with Gasteiger partial charge in [0.05, 0.1) is 0 Å². The van der Waals surface area contributed by atoms with Crippen LogP contribution in [-0.2, 0) is 19.9 Å². The molecule has 0 bridgehead atoms. The quantitative estimate of drug-likeness (QED) is 0.300. The van der Waals surface area contributed by atoms with Gasteiger partial charge >= 0.3 is 12.1 Å². The first kappa shape index (κ1) is 28.2. The van der Waals surface area contributed by atoms with Crippen LogP contribution in [0.25, 0.3) is 0 Å². The van der Waals surface area contributed by atoms with Crippen LogP contribution in [-0.4, -0.2) is 25.4 Å². The number of esters is 1. The summed E-state index contributed by atoms with van der Waals surface area (Å²) in [5.41, 5.74) is -0.265. The molecule has 0 radical (unpaired) electrons. The Kier molecular flexibility index (Phi) is 8.59. The predicted octanol–water partition coefficient (Wildman–Crippen LogP) is 8.08. The lowest BCUT2D eigenvalue weighted by atomic mass is 9.71. The van der Waals surface area contributed by atoms with Crippen LogP contribution >= 0.6 is 0 Å². The maximum atomic E-state index is 14.4. The molecule has 3 rings (SSSR count). The number of allylic oxidation sites excluding steroid dienone is 4. The van der Waals surface area contributed by atoms with Gasteiger partial charge in [0.1, 0.15) is 6.10 Å². The smallest absolute Gasteiger partial charge is 0.432 e. The summed E-state index contributed by atoms with van der Waals surface area (Å²) in [5.74, 6) is -0.663. The Bertz CT molecular complexity index is 1010. The van der Waals surface area contributed by atoms with Gasteiger partial charge in [-0.05, 0) is 82.1 Å². The van der Waals surface area contributed by atoms with Crippen LogP contribution in [0.3, 0.4) is 0 Å². The fourth-order valence-corrected chi connectivity index (χ4v) is 5.94. The monoisotopic (exact) mass is 504 g/mol. The molecule has 1 fully saturated rings. The lowest BCUT2D eigenvalue weighted by Crippen LogP contribution is -2.52. The molecule has 0 amide bonds. The van der Waals surface area contributed by atoms with Crippen molar-refractivity contribution in [1.29, 1.82) is 0 Å². The van der Waals surface area contributed by atoms with Gasteiger partial charge in [0.15, 0.2) is 0 Å². The molecule has 0 spiro atoms. The van der Waals surface area contributed by atoms with Crippen molar-refractivity contribution in [3.05, 3.63) is 71.3 Å². The average Bonchev–Trinajstić information content (AvgIpc) is 3.15. The van der Waals surface area contributed by atoms with Gasteiger partial charge in [-0.15, -0.1) is 0 Å². The molecule has 3 nitrogen and oxygen atoms in total. The molecule has 0 heterocycles. The van der Waals surface area contributed by atoms with Crippen molar-refractivity contribution in [3.8, 4) is 0 Å². The second kappa shape index (κ2) is 11.0. The highest BCUT2D eigenvalue weighted by Crippen LogP contribution is 2.53. The van der Waals surface area contributed by atoms with Crippen molar-refractivity contribution in [2.45, 2.75) is 84.1 Å². The summed E-state index contributed by atoms with van der Waals surface area (Å²) < 4.78 is 53.8. The molecule has 0 saturated heterocycles. The minimum Gasteiger partial charge on any atom is -0.455 e. The van der Waals surface area contributed by atoms with Crippen molar-refractivity contribution in [2.75, 3.05) is 7.11 Å². The summed E-state index contributed by atoms with van der Waals surface area (Å²) >= 11 is 0. The highest BCUT2D eigenvalue weighted by molar-refractivity contribution is 5.83. The fraction of sp³-hybridized carbons (Fsp3) is 0.567. The Labute approximate surface area is 213 Å². The zero-order chi connectivity index (χ0) is 26.7. The molecule has 1 aromatic carbocycles. The van der Waals surface area contributed by atoms with Gasteiger partial charge in [0.2, 0.25) is 0 Å². The average molecular weight is 505 g/mol. The minimum atomic E-state index is -5.00. The molecule has 0 N–H and O–H groups in total. The van der Waals surface area contributed by atoms with Gasteiger partial charge in [-0.3, -0.25) is 0 Å². The Balaban J connectivity index is 1.96. The van der Waals surface area contributed by atoms with E-state index in [-0.39, 0.29) is 11.0 Å². The number of methoxy groups -OCH3 is 1. The first-order valence-corrected chi connectivity index (χ1v) is 12.7. The van der Waals surface area contributed by atoms with Crippen molar-refractivity contribution in [2.24, 2.45) is 17.3 Å². The summed E-state index contributed by atoms with van der Waals surface area (Å²) in [7, 11) is 0.896. The molecule has 0 aromatic heterocycles. The fourth-order valence-electron chi connectivity index (χ4n) is 5.94. The highest BCUT2D eigenvalue weighted by atomic mass is 19.4. The van der Waals surface area contributed by atoms with E-state index in [4.69, 9.17) is 9.47 Å². The van der Waals surface area contributed by atoms with E-state index in [0.29, 0.717) is 24.7 Å². The molecule has 36 heavy (non-hydrogen) atoms. The third kappa shape index (κ3) is 5.49. The standard InChI is InChI=1S/C30H39F3O3/c1-20(2)24-17-19-28(5)18-16-21(3)12-15-26(22(4)13-14-25(24)28)36-27(34)29(35-6,30(31,32)33)23-10-8-7-9-11-23/h7-11,13,16,24-26H,1,12,14-15,17-19H2,2-6H3/b21-16+,22-13+/t24-,25+,26+,28+,29+/m1/s1. The number of carbonyl (C=O) groups is 1. The number of rotatable bonds is 5. The number of halogens is 3. The number of alkyl halides is 3. The summed E-state index contributed by atoms with van der Waals surface area (Å²) in [6.07, 6.45) is 3.51. The molecule has 198 valence electrons. The lowest BCUT2D eigenvalue weighted by Gasteiger charge is -2.34. The molecule has 1 saturated carbocycles. The Morgan fingerprint density at radius 2 is 1.78 bits per heavy atom. The summed E-state index contributed by atoms with van der Waals surface area (Å²) in [6, 6.07) is 6.97. The van der Waals surface area contributed by atoms with Gasteiger partial charge in [-0.25, -0.2) is 4.79 Å². The maximum absolute atomic E-state index is 14.4. The van der Waals surface area contributed by atoms with E-state index >= 15 is 0 Å². The van der Waals surface area contributed by atoms with Crippen molar-refractivity contribution in [1.82, 2.24) is 0 Å². The normalized spacial score (nSPS) is 32.1. The molecular weight excluding hydrogens is 465 g/mol. The number of hydrogen-bond donors (Lipinski definition) is 0. The summed E-state index contributed by atoms with van der Waals surface area (Å²) in [6.45, 7) is 12.5. The van der Waals surface area contributed by atoms with Crippen LogP contribution < -0.4 is 0 Å². The topological polar surface area (TPSA) is 35.5 Å². The molecular formula is C30H39F3O3. The van der Waals surface area contributed by atoms with Gasteiger partial charge in [-0.1, -0.05) is 67.1 Å². The first-order valence-electron chi connectivity index (χ1n) is 12.7. The molecule has 0 unspecified atom stereocenters. The molecule has 1 aromatic rings. The van der Waals surface area contributed by atoms with Crippen LogP contribution in [0, 0.1) is 17.3 Å². The second-order valence-electron chi connectivity index (χ2n) is 10.9. The number of hydrogen-bond acceptors (Lipinski definition) is 3. The molecule has 2 aliphatic carbocycles. The van der Waals surface area contributed by atoms with Gasteiger partial charge < -0.3 is 9.47 Å². The van der Waals surface area contributed by atoms with E-state index in [1.54, 1.807) is 6.07 Å². The van der Waals surface area contributed by atoms with Crippen LogP contribution in [0.4, 0.5) is 13.2 Å². The van der Waals surface area contributed by atoms with E-state index < -0.39 is 23.9 Å². The number of benzene rings is 1. The van der Waals surface area contributed by atoms with Crippen LogP contribution in [0.1, 0.15) is 71.8 Å². The first-order chi connectivity index (χ1) is 16.9. The van der Waals surface area contributed by atoms with Crippen molar-refractivity contribution < 1.29 is 27.4 Å². The predicted molar refractivity (Wildman–Crippen MR) is 136 cm³/mol. The van der Waals surface area contributed by atoms with Crippen molar-refractivity contribution in [3.63, 3.8) is 0 Å². The van der Waals surface area contributed by atoms with E-state index in [2.05, 4.69) is 32.6 Å². The summed E-state index contributed by atoms with van der Waals surface area (Å²) in [5, 5.41) is 0. The third-order valence-corrected chi connectivity index (χ3v) is 8.38. The van der Waals surface area contributed by atoms with Crippen LogP contribution in [0.2, 0.25) is 0 Å². The van der Waals surface area contributed by atoms with E-state index in [1.165, 1.54) is 29.8 Å². The van der Waals surface area contributed by atoms with Gasteiger partial charge in [0, 0.05) is 12.7 Å².